The molecule has 0 fully saturated rings. The lowest BCUT2D eigenvalue weighted by Gasteiger charge is -2.02. The van der Waals surface area contributed by atoms with E-state index in [1.165, 1.54) is 5.56 Å². The average Bonchev–Trinajstić information content (AvgIpc) is 2.64. The molecule has 0 unspecified atom stereocenters. The molecule has 0 bridgehead atoms. The van der Waals surface area contributed by atoms with Crippen LogP contribution in [-0.2, 0) is 6.42 Å². The Hall–Kier alpha value is -2.88. The minimum absolute atomic E-state index is 0.875. The van der Waals surface area contributed by atoms with Crippen LogP contribution in [0.15, 0.2) is 42.5 Å². The first-order valence-corrected chi connectivity index (χ1v) is 8.49. The summed E-state index contributed by atoms with van der Waals surface area (Å²) in [7, 11) is 0. The van der Waals surface area contributed by atoms with Crippen LogP contribution in [0.4, 0.5) is 0 Å². The van der Waals surface area contributed by atoms with E-state index in [1.807, 2.05) is 24.3 Å². The zero-order valence-electron chi connectivity index (χ0n) is 14.7. The fourth-order valence-corrected chi connectivity index (χ4v) is 2.24. The summed E-state index contributed by atoms with van der Waals surface area (Å²) in [6.07, 6.45) is 2.71. The van der Waals surface area contributed by atoms with Crippen molar-refractivity contribution in [3.05, 3.63) is 70.3 Å². The van der Waals surface area contributed by atoms with Gasteiger partial charge in [-0.05, 0) is 54.4 Å². The van der Waals surface area contributed by atoms with Crippen molar-refractivity contribution in [2.45, 2.75) is 40.0 Å². The van der Waals surface area contributed by atoms with Gasteiger partial charge in [0.05, 0.1) is 0 Å². The molecule has 2 aromatic carbocycles. The summed E-state index contributed by atoms with van der Waals surface area (Å²) >= 11 is 0. The van der Waals surface area contributed by atoms with E-state index < -0.39 is 0 Å². The van der Waals surface area contributed by atoms with Crippen LogP contribution in [0.5, 0.6) is 0 Å². The molecule has 0 radical (unpaired) electrons. The number of rotatable bonds is 1. The Morgan fingerprint density at radius 2 is 1.17 bits per heavy atom. The SMILES string of the molecule is CCC#Cc1ccc(C#Cc2ccc(C#CCC)cc2CC)cc1. The number of benzene rings is 2. The van der Waals surface area contributed by atoms with E-state index >= 15 is 0 Å². The molecule has 0 aliphatic rings. The molecule has 0 saturated heterocycles. The van der Waals surface area contributed by atoms with E-state index in [0.29, 0.717) is 0 Å². The fraction of sp³-hybridized carbons (Fsp3) is 0.250. The van der Waals surface area contributed by atoms with E-state index in [-0.39, 0.29) is 0 Å². The van der Waals surface area contributed by atoms with Crippen molar-refractivity contribution < 1.29 is 0 Å². The maximum Gasteiger partial charge on any atom is 0.0281 e. The molecule has 118 valence electrons. The molecule has 24 heavy (non-hydrogen) atoms. The molecule has 0 atom stereocenters. The van der Waals surface area contributed by atoms with Crippen LogP contribution in [0, 0.1) is 35.5 Å². The molecule has 0 nitrogen and oxygen atoms in total. The summed E-state index contributed by atoms with van der Waals surface area (Å²) in [6.45, 7) is 6.27. The van der Waals surface area contributed by atoms with Gasteiger partial charge in [-0.3, -0.25) is 0 Å². The third-order valence-corrected chi connectivity index (χ3v) is 3.53. The topological polar surface area (TPSA) is 0 Å². The Labute approximate surface area is 146 Å². The van der Waals surface area contributed by atoms with Crippen molar-refractivity contribution in [3.8, 4) is 35.5 Å². The Balaban J connectivity index is 2.23. The summed E-state index contributed by atoms with van der Waals surface area (Å²) in [6, 6.07) is 14.4. The van der Waals surface area contributed by atoms with Gasteiger partial charge in [-0.15, -0.1) is 0 Å². The first-order valence-electron chi connectivity index (χ1n) is 8.49. The molecule has 0 amide bonds. The van der Waals surface area contributed by atoms with Crippen molar-refractivity contribution in [2.75, 3.05) is 0 Å². The summed E-state index contributed by atoms with van der Waals surface area (Å²) in [5.74, 6) is 19.0. The molecular weight excluding hydrogens is 288 g/mol. The largest absolute Gasteiger partial charge is 0.0982 e. The Morgan fingerprint density at radius 1 is 0.625 bits per heavy atom. The molecule has 0 aromatic heterocycles. The van der Waals surface area contributed by atoms with Gasteiger partial charge in [0.25, 0.3) is 0 Å². The third kappa shape index (κ3) is 5.09. The highest BCUT2D eigenvalue weighted by Gasteiger charge is 1.99. The summed E-state index contributed by atoms with van der Waals surface area (Å²) in [5.41, 5.74) is 5.44. The van der Waals surface area contributed by atoms with Gasteiger partial charge in [0, 0.05) is 35.1 Å². The van der Waals surface area contributed by atoms with Gasteiger partial charge < -0.3 is 0 Å². The molecule has 0 aliphatic heterocycles. The van der Waals surface area contributed by atoms with Gasteiger partial charge in [-0.1, -0.05) is 56.3 Å². The Kier molecular flexibility index (Phi) is 6.77. The van der Waals surface area contributed by atoms with Crippen LogP contribution >= 0.6 is 0 Å². The van der Waals surface area contributed by atoms with Crippen LogP contribution in [-0.4, -0.2) is 0 Å². The molecule has 0 heteroatoms. The predicted molar refractivity (Wildman–Crippen MR) is 103 cm³/mol. The highest BCUT2D eigenvalue weighted by atomic mass is 14.0. The first kappa shape index (κ1) is 17.5. The highest BCUT2D eigenvalue weighted by molar-refractivity contribution is 5.51. The Morgan fingerprint density at radius 3 is 1.75 bits per heavy atom. The second kappa shape index (κ2) is 9.30. The van der Waals surface area contributed by atoms with E-state index in [9.17, 15) is 0 Å². The van der Waals surface area contributed by atoms with Crippen LogP contribution in [0.3, 0.4) is 0 Å². The van der Waals surface area contributed by atoms with Crippen LogP contribution in [0.25, 0.3) is 0 Å². The predicted octanol–water partition coefficient (Wildman–Crippen LogP) is 5.17. The first-order chi connectivity index (χ1) is 11.8. The molecule has 0 saturated carbocycles. The summed E-state index contributed by atoms with van der Waals surface area (Å²) < 4.78 is 0. The minimum atomic E-state index is 0.875. The van der Waals surface area contributed by atoms with Gasteiger partial charge in [-0.25, -0.2) is 0 Å². The lowest BCUT2D eigenvalue weighted by atomic mass is 10.0. The highest BCUT2D eigenvalue weighted by Crippen LogP contribution is 2.12. The Bertz CT molecular complexity index is 863. The molecule has 0 N–H and O–H groups in total. The van der Waals surface area contributed by atoms with Crippen molar-refractivity contribution >= 4 is 0 Å². The molecular formula is C24H22. The van der Waals surface area contributed by atoms with E-state index in [2.05, 4.69) is 74.5 Å². The quantitative estimate of drug-likeness (QED) is 0.637. The van der Waals surface area contributed by atoms with Crippen LogP contribution in [0.2, 0.25) is 0 Å². The zero-order valence-corrected chi connectivity index (χ0v) is 14.7. The minimum Gasteiger partial charge on any atom is -0.0982 e. The molecule has 0 heterocycles. The normalized spacial score (nSPS) is 8.96. The van der Waals surface area contributed by atoms with Gasteiger partial charge >= 0.3 is 0 Å². The van der Waals surface area contributed by atoms with Crippen molar-refractivity contribution in [1.82, 2.24) is 0 Å². The maximum absolute atomic E-state index is 3.29. The van der Waals surface area contributed by atoms with E-state index in [1.54, 1.807) is 0 Å². The van der Waals surface area contributed by atoms with Gasteiger partial charge in [0.2, 0.25) is 0 Å². The zero-order chi connectivity index (χ0) is 17.2. The number of aryl methyl sites for hydroxylation is 1. The van der Waals surface area contributed by atoms with Crippen molar-refractivity contribution in [2.24, 2.45) is 0 Å². The molecule has 2 aromatic rings. The maximum atomic E-state index is 3.29. The van der Waals surface area contributed by atoms with Gasteiger partial charge in [0.15, 0.2) is 0 Å². The lowest BCUT2D eigenvalue weighted by molar-refractivity contribution is 1.13. The monoisotopic (exact) mass is 310 g/mol. The number of hydrogen-bond donors (Lipinski definition) is 0. The van der Waals surface area contributed by atoms with Crippen molar-refractivity contribution in [1.29, 1.82) is 0 Å². The smallest absolute Gasteiger partial charge is 0.0281 e. The van der Waals surface area contributed by atoms with Gasteiger partial charge in [-0.2, -0.15) is 0 Å². The van der Waals surface area contributed by atoms with E-state index in [4.69, 9.17) is 0 Å². The lowest BCUT2D eigenvalue weighted by Crippen LogP contribution is -1.89. The standard InChI is InChI=1S/C24H22/c1-4-7-9-20-11-13-21(14-12-20)15-17-24-18-16-22(10-8-5-2)19-23(24)6-3/h11-14,16,18-19H,4-6H2,1-3H3. The van der Waals surface area contributed by atoms with Crippen LogP contribution < -0.4 is 0 Å². The van der Waals surface area contributed by atoms with E-state index in [0.717, 1.165) is 41.5 Å². The fourth-order valence-electron chi connectivity index (χ4n) is 2.24. The third-order valence-electron chi connectivity index (χ3n) is 3.53. The average molecular weight is 310 g/mol. The molecule has 0 spiro atoms. The summed E-state index contributed by atoms with van der Waals surface area (Å²) in [4.78, 5) is 0. The van der Waals surface area contributed by atoms with Crippen LogP contribution in [0.1, 0.15) is 61.4 Å². The summed E-state index contributed by atoms with van der Waals surface area (Å²) in [5, 5.41) is 0. The molecule has 0 aliphatic carbocycles. The second-order valence-corrected chi connectivity index (χ2v) is 5.36. The second-order valence-electron chi connectivity index (χ2n) is 5.36. The van der Waals surface area contributed by atoms with Crippen molar-refractivity contribution in [3.63, 3.8) is 0 Å². The number of hydrogen-bond acceptors (Lipinski definition) is 0. The molecule has 2 rings (SSSR count). The van der Waals surface area contributed by atoms with Gasteiger partial charge in [0.1, 0.15) is 0 Å².